The number of nitrogens with one attached hydrogen (secondary N) is 1. The zero-order chi connectivity index (χ0) is 18.0. The van der Waals surface area contributed by atoms with Gasteiger partial charge in [0.2, 0.25) is 0 Å². The number of phenols is 1. The molecule has 0 bridgehead atoms. The summed E-state index contributed by atoms with van der Waals surface area (Å²) in [7, 11) is 0. The van der Waals surface area contributed by atoms with Crippen LogP contribution in [0.3, 0.4) is 0 Å². The summed E-state index contributed by atoms with van der Waals surface area (Å²) < 4.78 is 0. The number of phenolic OH excluding ortho intramolecular Hbond substituents is 1. The smallest absolute Gasteiger partial charge is 0.296 e. The monoisotopic (exact) mass is 375 g/mol. The topological polar surface area (TPSA) is 105 Å². The van der Waals surface area contributed by atoms with Gasteiger partial charge in [0, 0.05) is 11.1 Å². The van der Waals surface area contributed by atoms with Crippen LogP contribution in [0.1, 0.15) is 5.56 Å². The maximum absolute atomic E-state index is 12.0. The summed E-state index contributed by atoms with van der Waals surface area (Å²) in [4.78, 5) is 27.0. The number of carbonyl (C=O) groups excluding carboxylic acids is 1. The number of carbonyl (C=O) groups is 1. The van der Waals surface area contributed by atoms with Crippen molar-refractivity contribution in [3.05, 3.63) is 68.1 Å². The molecule has 0 spiro atoms. The Morgan fingerprint density at radius 1 is 1.28 bits per heavy atom. The average molecular weight is 376 g/mol. The SMILES string of the molecule is O=C1NC(=Nc2ccc(Cl)cc2[N+](=O)[O-])S/C1=C/c1cccc(O)c1. The molecule has 0 atom stereocenters. The molecule has 0 unspecified atom stereocenters. The third-order valence-corrected chi connectivity index (χ3v) is 4.32. The van der Waals surface area contributed by atoms with Gasteiger partial charge >= 0.3 is 0 Å². The molecule has 25 heavy (non-hydrogen) atoms. The largest absolute Gasteiger partial charge is 0.508 e. The highest BCUT2D eigenvalue weighted by molar-refractivity contribution is 8.18. The van der Waals surface area contributed by atoms with Crippen molar-refractivity contribution in [3.8, 4) is 5.75 Å². The molecular weight excluding hydrogens is 366 g/mol. The molecule has 1 aliphatic rings. The highest BCUT2D eigenvalue weighted by Crippen LogP contribution is 2.33. The number of amides is 1. The van der Waals surface area contributed by atoms with Crippen molar-refractivity contribution in [2.75, 3.05) is 0 Å². The number of aromatic hydroxyl groups is 1. The van der Waals surface area contributed by atoms with Gasteiger partial charge in [0.1, 0.15) is 11.4 Å². The lowest BCUT2D eigenvalue weighted by atomic mass is 10.2. The molecule has 1 aliphatic heterocycles. The Bertz CT molecular complexity index is 943. The predicted octanol–water partition coefficient (Wildman–Crippen LogP) is 3.85. The number of nitro benzene ring substituents is 1. The Balaban J connectivity index is 1.90. The van der Waals surface area contributed by atoms with E-state index in [4.69, 9.17) is 11.6 Å². The van der Waals surface area contributed by atoms with Gasteiger partial charge in [0.15, 0.2) is 5.17 Å². The first kappa shape index (κ1) is 17.0. The number of thioether (sulfide) groups is 1. The van der Waals surface area contributed by atoms with E-state index in [0.29, 0.717) is 10.5 Å². The highest BCUT2D eigenvalue weighted by atomic mass is 35.5. The minimum Gasteiger partial charge on any atom is -0.508 e. The number of nitro groups is 1. The first-order valence-corrected chi connectivity index (χ1v) is 8.14. The van der Waals surface area contributed by atoms with E-state index in [1.165, 1.54) is 30.3 Å². The van der Waals surface area contributed by atoms with E-state index in [0.717, 1.165) is 11.8 Å². The maximum atomic E-state index is 12.0. The molecule has 7 nitrogen and oxygen atoms in total. The van der Waals surface area contributed by atoms with Gasteiger partial charge in [0.05, 0.1) is 9.83 Å². The molecule has 126 valence electrons. The molecule has 0 saturated carbocycles. The Labute approximate surface area is 151 Å². The van der Waals surface area contributed by atoms with E-state index >= 15 is 0 Å². The number of hydrogen-bond acceptors (Lipinski definition) is 6. The predicted molar refractivity (Wildman–Crippen MR) is 97.0 cm³/mol. The summed E-state index contributed by atoms with van der Waals surface area (Å²) in [5.41, 5.74) is 0.493. The Kier molecular flexibility index (Phi) is 4.73. The molecule has 3 rings (SSSR count). The summed E-state index contributed by atoms with van der Waals surface area (Å²) in [6.07, 6.45) is 1.60. The number of benzene rings is 2. The second-order valence-electron chi connectivity index (χ2n) is 4.97. The Hall–Kier alpha value is -2.84. The van der Waals surface area contributed by atoms with Crippen molar-refractivity contribution in [2.24, 2.45) is 4.99 Å². The fourth-order valence-electron chi connectivity index (χ4n) is 2.09. The normalized spacial score (nSPS) is 17.1. The van der Waals surface area contributed by atoms with E-state index in [1.807, 2.05) is 0 Å². The summed E-state index contributed by atoms with van der Waals surface area (Å²) in [5, 5.41) is 23.6. The number of halogens is 1. The minimum absolute atomic E-state index is 0.0865. The molecule has 2 aromatic rings. The average Bonchev–Trinajstić information content (AvgIpc) is 2.88. The van der Waals surface area contributed by atoms with Gasteiger partial charge in [-0.1, -0.05) is 23.7 Å². The molecule has 1 amide bonds. The first-order chi connectivity index (χ1) is 11.9. The maximum Gasteiger partial charge on any atom is 0.296 e. The third-order valence-electron chi connectivity index (χ3n) is 3.18. The van der Waals surface area contributed by atoms with Gasteiger partial charge in [-0.2, -0.15) is 0 Å². The lowest BCUT2D eigenvalue weighted by Gasteiger charge is -1.99. The zero-order valence-electron chi connectivity index (χ0n) is 12.5. The second-order valence-corrected chi connectivity index (χ2v) is 6.43. The van der Waals surface area contributed by atoms with Crippen LogP contribution in [0.4, 0.5) is 11.4 Å². The van der Waals surface area contributed by atoms with Crippen molar-refractivity contribution < 1.29 is 14.8 Å². The van der Waals surface area contributed by atoms with Crippen LogP contribution in [-0.2, 0) is 4.79 Å². The molecule has 9 heteroatoms. The fraction of sp³-hybridized carbons (Fsp3) is 0. The third kappa shape index (κ3) is 3.98. The molecule has 1 saturated heterocycles. The van der Waals surface area contributed by atoms with Crippen LogP contribution in [0.5, 0.6) is 5.75 Å². The van der Waals surface area contributed by atoms with Crippen LogP contribution in [0.25, 0.3) is 6.08 Å². The van der Waals surface area contributed by atoms with Crippen molar-refractivity contribution in [1.29, 1.82) is 0 Å². The van der Waals surface area contributed by atoms with Crippen LogP contribution < -0.4 is 5.32 Å². The fourth-order valence-corrected chi connectivity index (χ4v) is 3.09. The van der Waals surface area contributed by atoms with Gasteiger partial charge in [-0.05, 0) is 47.7 Å². The number of hydrogen-bond donors (Lipinski definition) is 2. The number of rotatable bonds is 3. The van der Waals surface area contributed by atoms with Crippen LogP contribution in [0.15, 0.2) is 52.4 Å². The molecule has 2 aromatic carbocycles. The van der Waals surface area contributed by atoms with Gasteiger partial charge < -0.3 is 10.4 Å². The summed E-state index contributed by atoms with van der Waals surface area (Å²) >= 11 is 6.82. The second kappa shape index (κ2) is 6.96. The van der Waals surface area contributed by atoms with E-state index < -0.39 is 4.92 Å². The molecule has 1 heterocycles. The van der Waals surface area contributed by atoms with Gasteiger partial charge in [0.25, 0.3) is 11.6 Å². The van der Waals surface area contributed by atoms with Crippen molar-refractivity contribution >= 4 is 51.9 Å². The van der Waals surface area contributed by atoms with Gasteiger partial charge in [-0.3, -0.25) is 14.9 Å². The number of aliphatic imine (C=N–C) groups is 1. The van der Waals surface area contributed by atoms with Crippen LogP contribution in [-0.4, -0.2) is 21.1 Å². The number of nitrogens with zero attached hydrogens (tertiary/aromatic N) is 2. The van der Waals surface area contributed by atoms with Gasteiger partial charge in [-0.25, -0.2) is 4.99 Å². The summed E-state index contributed by atoms with van der Waals surface area (Å²) in [5.74, 6) is -0.285. The first-order valence-electron chi connectivity index (χ1n) is 6.95. The van der Waals surface area contributed by atoms with E-state index in [2.05, 4.69) is 10.3 Å². The molecule has 1 fully saturated rings. The summed E-state index contributed by atoms with van der Waals surface area (Å²) in [6, 6.07) is 10.5. The Morgan fingerprint density at radius 3 is 2.80 bits per heavy atom. The van der Waals surface area contributed by atoms with Crippen LogP contribution in [0.2, 0.25) is 5.02 Å². The van der Waals surface area contributed by atoms with Gasteiger partial charge in [-0.15, -0.1) is 0 Å². The quantitative estimate of drug-likeness (QED) is 0.481. The Morgan fingerprint density at radius 2 is 2.08 bits per heavy atom. The van der Waals surface area contributed by atoms with Crippen LogP contribution in [0, 0.1) is 10.1 Å². The standard InChI is InChI=1S/C16H10ClN3O4S/c17-10-4-5-12(13(8-10)20(23)24)18-16-19-15(22)14(25-16)7-9-2-1-3-11(21)6-9/h1-8,21H,(H,18,19,22)/b14-7+. The minimum atomic E-state index is -0.587. The van der Waals surface area contributed by atoms with E-state index in [1.54, 1.807) is 18.2 Å². The number of amidine groups is 1. The summed E-state index contributed by atoms with van der Waals surface area (Å²) in [6.45, 7) is 0. The van der Waals surface area contributed by atoms with E-state index in [-0.39, 0.29) is 33.2 Å². The highest BCUT2D eigenvalue weighted by Gasteiger charge is 2.25. The molecule has 0 radical (unpaired) electrons. The molecule has 2 N–H and O–H groups in total. The zero-order valence-corrected chi connectivity index (χ0v) is 14.0. The lowest BCUT2D eigenvalue weighted by molar-refractivity contribution is -0.384. The van der Waals surface area contributed by atoms with Crippen molar-refractivity contribution in [2.45, 2.75) is 0 Å². The molecular formula is C16H10ClN3O4S. The van der Waals surface area contributed by atoms with E-state index in [9.17, 15) is 20.0 Å². The lowest BCUT2D eigenvalue weighted by Crippen LogP contribution is -2.19. The van der Waals surface area contributed by atoms with Crippen molar-refractivity contribution in [3.63, 3.8) is 0 Å². The van der Waals surface area contributed by atoms with Crippen LogP contribution >= 0.6 is 23.4 Å². The molecule has 0 aromatic heterocycles. The molecule has 0 aliphatic carbocycles. The van der Waals surface area contributed by atoms with Crippen molar-refractivity contribution in [1.82, 2.24) is 5.32 Å².